The normalized spacial score (nSPS) is 21.2. The number of carbonyl (C=O) groups is 2. The summed E-state index contributed by atoms with van der Waals surface area (Å²) in [5, 5.41) is 14.9. The first kappa shape index (κ1) is 15.8. The summed E-state index contributed by atoms with van der Waals surface area (Å²) in [5.41, 5.74) is 0. The minimum absolute atomic E-state index is 0.123. The molecule has 0 aromatic carbocycles. The Hall–Kier alpha value is -1.63. The summed E-state index contributed by atoms with van der Waals surface area (Å²) in [6, 6.07) is 2.90. The number of hydrogen-bond donors (Lipinski definition) is 3. The largest absolute Gasteiger partial charge is 0.475 e. The van der Waals surface area contributed by atoms with Gasteiger partial charge >= 0.3 is 12.0 Å². The zero-order valence-corrected chi connectivity index (χ0v) is 12.7. The molecular formula is C14H20N2O4S. The first-order valence-electron chi connectivity index (χ1n) is 7.08. The number of rotatable bonds is 6. The van der Waals surface area contributed by atoms with E-state index in [1.165, 1.54) is 6.07 Å². The second kappa shape index (κ2) is 7.40. The van der Waals surface area contributed by atoms with Crippen LogP contribution in [-0.2, 0) is 6.54 Å². The Bertz CT molecular complexity index is 503. The number of carboxylic acid groups (broad SMARTS) is 1. The lowest BCUT2D eigenvalue weighted by Gasteiger charge is -2.20. The lowest BCUT2D eigenvalue weighted by atomic mass is 10.2. The van der Waals surface area contributed by atoms with E-state index in [2.05, 4.69) is 17.6 Å². The lowest BCUT2D eigenvalue weighted by molar-refractivity contribution is 0.0660. The molecule has 7 heteroatoms. The van der Waals surface area contributed by atoms with E-state index in [9.17, 15) is 9.59 Å². The van der Waals surface area contributed by atoms with E-state index in [0.717, 1.165) is 25.0 Å². The number of furan rings is 1. The van der Waals surface area contributed by atoms with E-state index >= 15 is 0 Å². The predicted octanol–water partition coefficient (Wildman–Crippen LogP) is 2.45. The molecule has 1 saturated carbocycles. The van der Waals surface area contributed by atoms with Crippen molar-refractivity contribution < 1.29 is 19.1 Å². The highest BCUT2D eigenvalue weighted by Gasteiger charge is 2.28. The molecule has 1 aliphatic carbocycles. The summed E-state index contributed by atoms with van der Waals surface area (Å²) in [7, 11) is 0. The number of aromatic carboxylic acids is 1. The third-order valence-corrected chi connectivity index (χ3v) is 4.77. The zero-order valence-electron chi connectivity index (χ0n) is 11.9. The molecule has 3 N–H and O–H groups in total. The molecule has 21 heavy (non-hydrogen) atoms. The minimum Gasteiger partial charge on any atom is -0.475 e. The quantitative estimate of drug-likeness (QED) is 0.750. The summed E-state index contributed by atoms with van der Waals surface area (Å²) >= 11 is 1.88. The van der Waals surface area contributed by atoms with Gasteiger partial charge in [-0.2, -0.15) is 11.8 Å². The number of urea groups is 1. The molecule has 0 bridgehead atoms. The van der Waals surface area contributed by atoms with E-state index in [1.807, 2.05) is 11.8 Å². The van der Waals surface area contributed by atoms with Crippen LogP contribution in [0.4, 0.5) is 4.79 Å². The number of hydrogen-bond acceptors (Lipinski definition) is 4. The molecule has 1 fully saturated rings. The lowest BCUT2D eigenvalue weighted by Crippen LogP contribution is -2.44. The van der Waals surface area contributed by atoms with Crippen LogP contribution >= 0.6 is 11.8 Å². The molecule has 2 unspecified atom stereocenters. The number of amides is 2. The van der Waals surface area contributed by atoms with Crippen molar-refractivity contribution in [2.45, 2.75) is 44.0 Å². The monoisotopic (exact) mass is 312 g/mol. The molecule has 0 radical (unpaired) electrons. The molecule has 1 aromatic heterocycles. The second-order valence-electron chi connectivity index (χ2n) is 4.93. The van der Waals surface area contributed by atoms with Crippen molar-refractivity contribution in [2.75, 3.05) is 5.75 Å². The van der Waals surface area contributed by atoms with E-state index in [1.54, 1.807) is 6.07 Å². The Morgan fingerprint density at radius 2 is 2.24 bits per heavy atom. The summed E-state index contributed by atoms with van der Waals surface area (Å²) in [4.78, 5) is 22.6. The van der Waals surface area contributed by atoms with Crippen molar-refractivity contribution in [3.8, 4) is 0 Å². The van der Waals surface area contributed by atoms with Gasteiger partial charge in [0, 0.05) is 11.3 Å². The van der Waals surface area contributed by atoms with E-state index in [-0.39, 0.29) is 24.4 Å². The molecule has 2 amide bonds. The molecule has 0 spiro atoms. The van der Waals surface area contributed by atoms with E-state index in [4.69, 9.17) is 9.52 Å². The zero-order chi connectivity index (χ0) is 15.2. The van der Waals surface area contributed by atoms with Gasteiger partial charge in [0.2, 0.25) is 5.76 Å². The maximum atomic E-state index is 11.9. The Morgan fingerprint density at radius 3 is 2.90 bits per heavy atom. The maximum absolute atomic E-state index is 11.9. The first-order chi connectivity index (χ1) is 10.1. The molecule has 6 nitrogen and oxygen atoms in total. The smallest absolute Gasteiger partial charge is 0.371 e. The van der Waals surface area contributed by atoms with Gasteiger partial charge in [-0.3, -0.25) is 0 Å². The van der Waals surface area contributed by atoms with Crippen LogP contribution in [0.2, 0.25) is 0 Å². The average Bonchev–Trinajstić information content (AvgIpc) is 3.07. The van der Waals surface area contributed by atoms with Crippen molar-refractivity contribution in [1.29, 1.82) is 0 Å². The Balaban J connectivity index is 1.77. The SMILES string of the molecule is CCSC1CCCC1NC(=O)NCc1ccc(C(=O)O)o1. The molecule has 116 valence electrons. The van der Waals surface area contributed by atoms with Crippen molar-refractivity contribution in [2.24, 2.45) is 0 Å². The molecular weight excluding hydrogens is 292 g/mol. The van der Waals surface area contributed by atoms with Crippen LogP contribution in [0, 0.1) is 0 Å². The van der Waals surface area contributed by atoms with Gasteiger partial charge in [0.05, 0.1) is 6.54 Å². The van der Waals surface area contributed by atoms with Gasteiger partial charge in [0.25, 0.3) is 0 Å². The fourth-order valence-corrected chi connectivity index (χ4v) is 3.68. The van der Waals surface area contributed by atoms with Crippen molar-refractivity contribution in [3.63, 3.8) is 0 Å². The van der Waals surface area contributed by atoms with Crippen LogP contribution < -0.4 is 10.6 Å². The minimum atomic E-state index is -1.11. The third kappa shape index (κ3) is 4.42. The van der Waals surface area contributed by atoms with Crippen molar-refractivity contribution in [3.05, 3.63) is 23.7 Å². The summed E-state index contributed by atoms with van der Waals surface area (Å²) in [5.74, 6) is 0.237. The average molecular weight is 312 g/mol. The Morgan fingerprint density at radius 1 is 1.43 bits per heavy atom. The molecule has 0 saturated heterocycles. The van der Waals surface area contributed by atoms with Gasteiger partial charge in [0.1, 0.15) is 5.76 Å². The van der Waals surface area contributed by atoms with E-state index < -0.39 is 5.97 Å². The number of carbonyl (C=O) groups excluding carboxylic acids is 1. The van der Waals surface area contributed by atoms with Gasteiger partial charge in [0.15, 0.2) is 0 Å². The molecule has 1 heterocycles. The number of carboxylic acids is 1. The van der Waals surface area contributed by atoms with Gasteiger partial charge in [-0.15, -0.1) is 0 Å². The second-order valence-corrected chi connectivity index (χ2v) is 6.45. The van der Waals surface area contributed by atoms with Crippen LogP contribution in [-0.4, -0.2) is 34.2 Å². The van der Waals surface area contributed by atoms with Crippen molar-refractivity contribution in [1.82, 2.24) is 10.6 Å². The summed E-state index contributed by atoms with van der Waals surface area (Å²) in [6.07, 6.45) is 3.29. The van der Waals surface area contributed by atoms with Crippen molar-refractivity contribution >= 4 is 23.8 Å². The topological polar surface area (TPSA) is 91.6 Å². The third-order valence-electron chi connectivity index (χ3n) is 3.45. The summed E-state index contributed by atoms with van der Waals surface area (Å²) < 4.78 is 5.08. The number of thioether (sulfide) groups is 1. The van der Waals surface area contributed by atoms with Gasteiger partial charge in [-0.05, 0) is 30.7 Å². The van der Waals surface area contributed by atoms with Crippen LogP contribution in [0.3, 0.4) is 0 Å². The highest BCUT2D eigenvalue weighted by molar-refractivity contribution is 7.99. The van der Waals surface area contributed by atoms with Crippen LogP contribution in [0.15, 0.2) is 16.5 Å². The van der Waals surface area contributed by atoms with Gasteiger partial charge < -0.3 is 20.2 Å². The molecule has 1 aliphatic rings. The molecule has 0 aliphatic heterocycles. The molecule has 1 aromatic rings. The van der Waals surface area contributed by atoms with Crippen LogP contribution in [0.1, 0.15) is 42.5 Å². The molecule has 2 rings (SSSR count). The first-order valence-corrected chi connectivity index (χ1v) is 8.13. The van der Waals surface area contributed by atoms with E-state index in [0.29, 0.717) is 11.0 Å². The Kier molecular flexibility index (Phi) is 5.55. The number of nitrogens with one attached hydrogen (secondary N) is 2. The Labute approximate surface area is 127 Å². The highest BCUT2D eigenvalue weighted by Crippen LogP contribution is 2.29. The van der Waals surface area contributed by atoms with Gasteiger partial charge in [-0.1, -0.05) is 13.3 Å². The fourth-order valence-electron chi connectivity index (χ4n) is 2.48. The van der Waals surface area contributed by atoms with Gasteiger partial charge in [-0.25, -0.2) is 9.59 Å². The van der Waals surface area contributed by atoms with Crippen LogP contribution in [0.5, 0.6) is 0 Å². The highest BCUT2D eigenvalue weighted by atomic mass is 32.2. The van der Waals surface area contributed by atoms with Crippen LogP contribution in [0.25, 0.3) is 0 Å². The standard InChI is InChI=1S/C14H20N2O4S/c1-2-21-12-5-3-4-10(12)16-14(19)15-8-9-6-7-11(20-9)13(17)18/h6-7,10,12H,2-5,8H2,1H3,(H,17,18)(H2,15,16,19). The fraction of sp³-hybridized carbons (Fsp3) is 0.571. The summed E-state index contributed by atoms with van der Waals surface area (Å²) in [6.45, 7) is 2.30. The molecule has 2 atom stereocenters. The maximum Gasteiger partial charge on any atom is 0.371 e. The predicted molar refractivity (Wildman–Crippen MR) is 80.6 cm³/mol.